The van der Waals surface area contributed by atoms with Crippen molar-refractivity contribution in [2.75, 3.05) is 14.1 Å². The largest absolute Gasteiger partial charge is 0.345 e. The van der Waals surface area contributed by atoms with Crippen LogP contribution >= 0.6 is 0 Å². The fraction of sp³-hybridized carbons (Fsp3) is 0.286. The van der Waals surface area contributed by atoms with Crippen LogP contribution in [0.2, 0.25) is 0 Å². The Morgan fingerprint density at radius 2 is 1.93 bits per heavy atom. The van der Waals surface area contributed by atoms with E-state index in [-0.39, 0.29) is 17.9 Å². The Morgan fingerprint density at radius 3 is 2.62 bits per heavy atom. The highest BCUT2D eigenvalue weighted by Gasteiger charge is 2.38. The van der Waals surface area contributed by atoms with Gasteiger partial charge < -0.3 is 10.2 Å². The first kappa shape index (κ1) is 19.2. The van der Waals surface area contributed by atoms with Crippen LogP contribution in [0.4, 0.5) is 8.78 Å². The summed E-state index contributed by atoms with van der Waals surface area (Å²) in [5.74, 6) is -1.51. The lowest BCUT2D eigenvalue weighted by atomic mass is 10.1. The standard InChI is InChI=1S/C21H21F2N5O/c1-27(2)21(29)13-3-6-16(7-4-13)28-12-15(25-26-28)11-24-20-10-17(20)14-5-8-18(22)19(23)9-14/h3-9,12,17,20,24H,10-11H2,1-2H3/t17-,20+/m0/s1. The molecule has 3 aromatic rings. The lowest BCUT2D eigenvalue weighted by Gasteiger charge is -2.10. The minimum Gasteiger partial charge on any atom is -0.345 e. The molecule has 0 spiro atoms. The number of hydrogen-bond donors (Lipinski definition) is 1. The molecule has 2 aromatic carbocycles. The van der Waals surface area contributed by atoms with Crippen molar-refractivity contribution in [1.29, 1.82) is 0 Å². The van der Waals surface area contributed by atoms with Gasteiger partial charge in [-0.15, -0.1) is 5.10 Å². The highest BCUT2D eigenvalue weighted by molar-refractivity contribution is 5.94. The van der Waals surface area contributed by atoms with E-state index in [0.717, 1.165) is 23.4 Å². The molecule has 0 unspecified atom stereocenters. The van der Waals surface area contributed by atoms with Gasteiger partial charge in [0.15, 0.2) is 11.6 Å². The van der Waals surface area contributed by atoms with Crippen LogP contribution < -0.4 is 5.32 Å². The number of carbonyl (C=O) groups is 1. The molecule has 1 N–H and O–H groups in total. The zero-order valence-electron chi connectivity index (χ0n) is 16.1. The summed E-state index contributed by atoms with van der Waals surface area (Å²) in [6.45, 7) is 0.530. The Kier molecular flexibility index (Phi) is 5.10. The molecule has 0 bridgehead atoms. The van der Waals surface area contributed by atoms with Crippen molar-refractivity contribution >= 4 is 5.91 Å². The maximum atomic E-state index is 13.4. The van der Waals surface area contributed by atoms with Crippen molar-refractivity contribution in [3.8, 4) is 5.69 Å². The van der Waals surface area contributed by atoms with Crippen molar-refractivity contribution in [1.82, 2.24) is 25.2 Å². The third kappa shape index (κ3) is 4.17. The summed E-state index contributed by atoms with van der Waals surface area (Å²) in [5.41, 5.74) is 3.00. The van der Waals surface area contributed by atoms with E-state index < -0.39 is 11.6 Å². The minimum atomic E-state index is -0.824. The van der Waals surface area contributed by atoms with Gasteiger partial charge in [-0.25, -0.2) is 13.5 Å². The molecule has 29 heavy (non-hydrogen) atoms. The molecule has 1 saturated carbocycles. The molecular formula is C21H21F2N5O. The average Bonchev–Trinajstić information content (AvgIpc) is 3.34. The zero-order chi connectivity index (χ0) is 20.5. The first-order valence-electron chi connectivity index (χ1n) is 9.34. The number of benzene rings is 2. The molecule has 1 amide bonds. The first-order valence-corrected chi connectivity index (χ1v) is 9.34. The van der Waals surface area contributed by atoms with Crippen LogP contribution in [0.15, 0.2) is 48.7 Å². The Labute approximate surface area is 167 Å². The normalized spacial score (nSPS) is 17.9. The van der Waals surface area contributed by atoms with E-state index in [0.29, 0.717) is 12.1 Å². The van der Waals surface area contributed by atoms with Crippen LogP contribution in [0.1, 0.15) is 34.0 Å². The van der Waals surface area contributed by atoms with Crippen molar-refractivity contribution < 1.29 is 13.6 Å². The number of aromatic nitrogens is 3. The van der Waals surface area contributed by atoms with Gasteiger partial charge in [0.05, 0.1) is 17.6 Å². The molecule has 1 aromatic heterocycles. The monoisotopic (exact) mass is 397 g/mol. The van der Waals surface area contributed by atoms with Crippen LogP contribution in [0.25, 0.3) is 5.69 Å². The molecule has 1 heterocycles. The maximum absolute atomic E-state index is 13.4. The lowest BCUT2D eigenvalue weighted by molar-refractivity contribution is 0.0827. The van der Waals surface area contributed by atoms with Gasteiger partial charge in [-0.1, -0.05) is 11.3 Å². The average molecular weight is 397 g/mol. The molecule has 8 heteroatoms. The van der Waals surface area contributed by atoms with E-state index >= 15 is 0 Å². The van der Waals surface area contributed by atoms with Crippen molar-refractivity contribution in [2.24, 2.45) is 0 Å². The number of halogens is 2. The topological polar surface area (TPSA) is 63.1 Å². The maximum Gasteiger partial charge on any atom is 0.253 e. The van der Waals surface area contributed by atoms with Crippen LogP contribution in [0.3, 0.4) is 0 Å². The molecule has 4 rings (SSSR count). The molecule has 1 fully saturated rings. The summed E-state index contributed by atoms with van der Waals surface area (Å²) in [5, 5.41) is 11.7. The van der Waals surface area contributed by atoms with E-state index in [1.807, 2.05) is 18.3 Å². The third-order valence-corrected chi connectivity index (χ3v) is 5.03. The van der Waals surface area contributed by atoms with Gasteiger partial charge >= 0.3 is 0 Å². The molecule has 0 aliphatic heterocycles. The quantitative estimate of drug-likeness (QED) is 0.695. The molecule has 0 saturated heterocycles. The SMILES string of the molecule is CN(C)C(=O)c1ccc(-n2cc(CN[C@@H]3C[C@H]3c3ccc(F)c(F)c3)nn2)cc1. The summed E-state index contributed by atoms with van der Waals surface area (Å²) >= 11 is 0. The van der Waals surface area contributed by atoms with E-state index in [9.17, 15) is 13.6 Å². The number of rotatable bonds is 6. The molecule has 1 aliphatic rings. The van der Waals surface area contributed by atoms with Crippen LogP contribution in [0.5, 0.6) is 0 Å². The zero-order valence-corrected chi connectivity index (χ0v) is 16.1. The Morgan fingerprint density at radius 1 is 1.17 bits per heavy atom. The van der Waals surface area contributed by atoms with E-state index in [1.54, 1.807) is 37.0 Å². The molecule has 1 aliphatic carbocycles. The summed E-state index contributed by atoms with van der Waals surface area (Å²) in [6, 6.07) is 11.4. The second-order valence-electron chi connectivity index (χ2n) is 7.40. The summed E-state index contributed by atoms with van der Waals surface area (Å²) < 4.78 is 28.1. The Hall–Kier alpha value is -3.13. The van der Waals surface area contributed by atoms with Crippen molar-refractivity contribution in [3.05, 3.63) is 77.1 Å². The molecule has 0 radical (unpaired) electrons. The van der Waals surface area contributed by atoms with Crippen molar-refractivity contribution in [3.63, 3.8) is 0 Å². The fourth-order valence-corrected chi connectivity index (χ4v) is 3.29. The predicted octanol–water partition coefficient (Wildman–Crippen LogP) is 2.89. The van der Waals surface area contributed by atoms with Crippen LogP contribution in [0, 0.1) is 11.6 Å². The van der Waals surface area contributed by atoms with Gasteiger partial charge in [0.2, 0.25) is 0 Å². The van der Waals surface area contributed by atoms with Crippen LogP contribution in [-0.4, -0.2) is 45.9 Å². The highest BCUT2D eigenvalue weighted by atomic mass is 19.2. The van der Waals surface area contributed by atoms with Crippen LogP contribution in [-0.2, 0) is 6.54 Å². The smallest absolute Gasteiger partial charge is 0.253 e. The van der Waals surface area contributed by atoms with Gasteiger partial charge in [0.1, 0.15) is 0 Å². The minimum absolute atomic E-state index is 0.0555. The number of amides is 1. The second kappa shape index (κ2) is 7.71. The summed E-state index contributed by atoms with van der Waals surface area (Å²) in [4.78, 5) is 13.5. The summed E-state index contributed by atoms with van der Waals surface area (Å²) in [7, 11) is 3.42. The van der Waals surface area contributed by atoms with Gasteiger partial charge in [-0.05, 0) is 48.4 Å². The fourth-order valence-electron chi connectivity index (χ4n) is 3.29. The predicted molar refractivity (Wildman–Crippen MR) is 104 cm³/mol. The molecule has 6 nitrogen and oxygen atoms in total. The van der Waals surface area contributed by atoms with E-state index in [2.05, 4.69) is 15.6 Å². The number of carbonyl (C=O) groups excluding carboxylic acids is 1. The van der Waals surface area contributed by atoms with Gasteiger partial charge in [0.25, 0.3) is 5.91 Å². The van der Waals surface area contributed by atoms with Gasteiger partial charge in [0, 0.05) is 38.2 Å². The molecule has 2 atom stereocenters. The molecule has 150 valence electrons. The number of nitrogens with one attached hydrogen (secondary N) is 1. The summed E-state index contributed by atoms with van der Waals surface area (Å²) in [6.07, 6.45) is 2.70. The lowest BCUT2D eigenvalue weighted by Crippen LogP contribution is -2.21. The van der Waals surface area contributed by atoms with E-state index in [1.165, 1.54) is 17.0 Å². The highest BCUT2D eigenvalue weighted by Crippen LogP contribution is 2.41. The number of hydrogen-bond acceptors (Lipinski definition) is 4. The van der Waals surface area contributed by atoms with Gasteiger partial charge in [-0.2, -0.15) is 0 Å². The molecular weight excluding hydrogens is 376 g/mol. The second-order valence-corrected chi connectivity index (χ2v) is 7.40. The first-order chi connectivity index (χ1) is 13.9. The number of nitrogens with zero attached hydrogens (tertiary/aromatic N) is 4. The van der Waals surface area contributed by atoms with E-state index in [4.69, 9.17) is 0 Å². The third-order valence-electron chi connectivity index (χ3n) is 5.03. The Bertz CT molecular complexity index is 1030. The van der Waals surface area contributed by atoms with Crippen molar-refractivity contribution in [2.45, 2.75) is 24.9 Å². The Balaban J connectivity index is 1.34. The van der Waals surface area contributed by atoms with Gasteiger partial charge in [-0.3, -0.25) is 4.79 Å².